The first kappa shape index (κ1) is 26.7. The highest BCUT2D eigenvalue weighted by Crippen LogP contribution is 2.52. The molecule has 1 amide bonds. The number of nitrogens with zero attached hydrogens (tertiary/aromatic N) is 2. The topological polar surface area (TPSA) is 70.1 Å². The summed E-state index contributed by atoms with van der Waals surface area (Å²) in [4.78, 5) is 25.5. The minimum atomic E-state index is -5.43. The molecule has 12 heteroatoms. The fourth-order valence-electron chi connectivity index (χ4n) is 4.51. The Balaban J connectivity index is 1.73. The average molecular weight is 549 g/mol. The Morgan fingerprint density at radius 2 is 1.69 bits per heavy atom. The Morgan fingerprint density at radius 3 is 2.28 bits per heavy atom. The third kappa shape index (κ3) is 4.79. The molecule has 2 aromatic rings. The summed E-state index contributed by atoms with van der Waals surface area (Å²) in [5.41, 5.74) is -2.22. The number of carbonyl (C=O) groups excluding carboxylic acids is 2. The fourth-order valence-corrected chi connectivity index (χ4v) is 5.17. The van der Waals surface area contributed by atoms with Crippen molar-refractivity contribution in [1.82, 2.24) is 10.0 Å². The van der Waals surface area contributed by atoms with E-state index in [4.69, 9.17) is 27.9 Å². The smallest absolute Gasteiger partial charge is 0.438 e. The van der Waals surface area contributed by atoms with Crippen LogP contribution in [0.4, 0.5) is 17.6 Å². The number of hydrogen-bond donors (Lipinski definition) is 1. The van der Waals surface area contributed by atoms with Gasteiger partial charge in [-0.2, -0.15) is 13.2 Å². The lowest BCUT2D eigenvalue weighted by atomic mass is 9.90. The lowest BCUT2D eigenvalue weighted by Crippen LogP contribution is -2.58. The highest BCUT2D eigenvalue weighted by Gasteiger charge is 2.66. The summed E-state index contributed by atoms with van der Waals surface area (Å²) in [6.07, 6.45) is -5.81. The van der Waals surface area contributed by atoms with E-state index in [1.165, 1.54) is 12.1 Å². The first-order valence-corrected chi connectivity index (χ1v) is 11.9. The molecule has 1 N–H and O–H groups in total. The Morgan fingerprint density at radius 1 is 1.06 bits per heavy atom. The van der Waals surface area contributed by atoms with Gasteiger partial charge in [0.15, 0.2) is 4.33 Å². The van der Waals surface area contributed by atoms with Gasteiger partial charge >= 0.3 is 12.1 Å². The monoisotopic (exact) mass is 548 g/mol. The van der Waals surface area contributed by atoms with Crippen LogP contribution in [0.5, 0.6) is 0 Å². The molecule has 0 unspecified atom stereocenters. The van der Waals surface area contributed by atoms with Gasteiger partial charge in [-0.3, -0.25) is 9.80 Å². The van der Waals surface area contributed by atoms with E-state index in [1.54, 1.807) is 35.3 Å². The van der Waals surface area contributed by atoms with Crippen LogP contribution < -0.4 is 0 Å². The quantitative estimate of drug-likeness (QED) is 0.336. The summed E-state index contributed by atoms with van der Waals surface area (Å²) in [5.74, 6) is -4.48. The van der Waals surface area contributed by atoms with E-state index in [9.17, 15) is 27.9 Å². The molecule has 2 fully saturated rings. The summed E-state index contributed by atoms with van der Waals surface area (Å²) >= 11 is 13.1. The number of carbonyl (C=O) groups is 2. The Hall–Kier alpha value is -2.40. The molecule has 36 heavy (non-hydrogen) atoms. The van der Waals surface area contributed by atoms with E-state index in [-0.39, 0.29) is 30.8 Å². The number of piperidine rings is 1. The van der Waals surface area contributed by atoms with Gasteiger partial charge in [0.05, 0.1) is 6.10 Å². The molecule has 0 aliphatic carbocycles. The van der Waals surface area contributed by atoms with Crippen LogP contribution in [-0.4, -0.2) is 64.5 Å². The second-order valence-electron chi connectivity index (χ2n) is 8.71. The van der Waals surface area contributed by atoms with E-state index < -0.39 is 46.3 Å². The number of hydrazine groups is 1. The zero-order valence-electron chi connectivity index (χ0n) is 18.8. The summed E-state index contributed by atoms with van der Waals surface area (Å²) < 4.78 is 56.9. The normalized spacial score (nSPS) is 22.2. The highest BCUT2D eigenvalue weighted by atomic mass is 35.5. The van der Waals surface area contributed by atoms with Gasteiger partial charge < -0.3 is 9.84 Å². The number of alkyl halides is 5. The van der Waals surface area contributed by atoms with Gasteiger partial charge in [0, 0.05) is 31.6 Å². The number of benzene rings is 2. The predicted octanol–water partition coefficient (Wildman–Crippen LogP) is 4.57. The van der Waals surface area contributed by atoms with Crippen molar-refractivity contribution in [2.75, 3.05) is 19.6 Å². The number of esters is 1. The average Bonchev–Trinajstić information content (AvgIpc) is 3.17. The maximum atomic E-state index is 15.1. The SMILES string of the molecule is O=C(O[C@]1(C(Cl)(Cl)c2ccc(-c3ccccc3)c(F)c2)CCN(N2CCC(O)CC2)C1=O)C(F)(F)F. The van der Waals surface area contributed by atoms with Gasteiger partial charge in [-0.05, 0) is 30.0 Å². The molecule has 2 saturated heterocycles. The van der Waals surface area contributed by atoms with Gasteiger partial charge in [-0.1, -0.05) is 65.7 Å². The third-order valence-corrected chi connectivity index (χ3v) is 7.51. The van der Waals surface area contributed by atoms with E-state index in [2.05, 4.69) is 0 Å². The minimum absolute atomic E-state index is 0.147. The van der Waals surface area contributed by atoms with Gasteiger partial charge in [0.2, 0.25) is 5.60 Å². The Labute approximate surface area is 214 Å². The molecule has 2 aromatic carbocycles. The summed E-state index contributed by atoms with van der Waals surface area (Å²) in [6, 6.07) is 12.0. The molecule has 1 atom stereocenters. The first-order valence-electron chi connectivity index (χ1n) is 11.1. The van der Waals surface area contributed by atoms with Crippen molar-refractivity contribution in [2.24, 2.45) is 0 Å². The number of ether oxygens (including phenoxy) is 1. The molecule has 4 rings (SSSR count). The van der Waals surface area contributed by atoms with Crippen molar-refractivity contribution in [1.29, 1.82) is 0 Å². The molecule has 2 aliphatic heterocycles. The number of rotatable bonds is 5. The summed E-state index contributed by atoms with van der Waals surface area (Å²) in [7, 11) is 0. The molecule has 0 spiro atoms. The molecular formula is C24H22Cl2F4N2O4. The maximum Gasteiger partial charge on any atom is 0.490 e. The predicted molar refractivity (Wildman–Crippen MR) is 123 cm³/mol. The molecule has 2 aliphatic rings. The van der Waals surface area contributed by atoms with E-state index in [0.29, 0.717) is 18.4 Å². The van der Waals surface area contributed by atoms with Crippen LogP contribution >= 0.6 is 23.2 Å². The number of hydrogen-bond acceptors (Lipinski definition) is 5. The van der Waals surface area contributed by atoms with Crippen LogP contribution in [-0.2, 0) is 18.7 Å². The molecule has 0 aromatic heterocycles. The Kier molecular flexibility index (Phi) is 7.27. The highest BCUT2D eigenvalue weighted by molar-refractivity contribution is 6.50. The molecule has 194 valence electrons. The molecule has 6 nitrogen and oxygen atoms in total. The fraction of sp³-hybridized carbons (Fsp3) is 0.417. The van der Waals surface area contributed by atoms with Crippen molar-refractivity contribution in [3.05, 3.63) is 59.9 Å². The molecule has 0 saturated carbocycles. The van der Waals surface area contributed by atoms with Crippen LogP contribution in [0.1, 0.15) is 24.8 Å². The number of aliphatic hydroxyl groups excluding tert-OH is 1. The van der Waals surface area contributed by atoms with E-state index in [0.717, 1.165) is 11.1 Å². The number of aliphatic hydroxyl groups is 1. The first-order chi connectivity index (χ1) is 16.9. The van der Waals surface area contributed by atoms with Crippen molar-refractivity contribution >= 4 is 35.1 Å². The van der Waals surface area contributed by atoms with Crippen LogP contribution in [0.25, 0.3) is 11.1 Å². The summed E-state index contributed by atoms with van der Waals surface area (Å²) in [5, 5.41) is 12.4. The van der Waals surface area contributed by atoms with E-state index >= 15 is 4.39 Å². The molecule has 2 heterocycles. The van der Waals surface area contributed by atoms with Crippen molar-refractivity contribution in [2.45, 2.75) is 41.5 Å². The number of halogens is 6. The lowest BCUT2D eigenvalue weighted by Gasteiger charge is -2.40. The van der Waals surface area contributed by atoms with Crippen molar-refractivity contribution in [3.63, 3.8) is 0 Å². The summed E-state index contributed by atoms with van der Waals surface area (Å²) in [6.45, 7) is 0.341. The standard InChI is InChI=1S/C24H22Cl2F4N2O4/c25-23(26,16-6-7-18(19(27)14-16)15-4-2-1-3-5-15)22(36-21(35)24(28,29)30)10-13-32(20(22)34)31-11-8-17(33)9-12-31/h1-7,14,17,33H,8-13H2/t22-/m1/s1. The largest absolute Gasteiger partial charge is 0.490 e. The van der Waals surface area contributed by atoms with Gasteiger partial charge in [-0.25, -0.2) is 14.2 Å². The van der Waals surface area contributed by atoms with Crippen LogP contribution in [0, 0.1) is 5.82 Å². The minimum Gasteiger partial charge on any atom is -0.438 e. The van der Waals surface area contributed by atoms with Crippen molar-refractivity contribution < 1.29 is 37.0 Å². The molecule has 0 bridgehead atoms. The van der Waals surface area contributed by atoms with E-state index in [1.807, 2.05) is 0 Å². The lowest BCUT2D eigenvalue weighted by molar-refractivity contribution is -0.216. The Bertz CT molecular complexity index is 1140. The van der Waals surface area contributed by atoms with Crippen molar-refractivity contribution in [3.8, 4) is 11.1 Å². The third-order valence-electron chi connectivity index (χ3n) is 6.46. The zero-order valence-corrected chi connectivity index (χ0v) is 20.3. The molecular weight excluding hydrogens is 527 g/mol. The van der Waals surface area contributed by atoms with Crippen LogP contribution in [0.2, 0.25) is 0 Å². The van der Waals surface area contributed by atoms with Gasteiger partial charge in [0.1, 0.15) is 5.82 Å². The second kappa shape index (κ2) is 9.81. The zero-order chi connectivity index (χ0) is 26.3. The molecule has 0 radical (unpaired) electrons. The van der Waals surface area contributed by atoms with Gasteiger partial charge in [-0.15, -0.1) is 0 Å². The van der Waals surface area contributed by atoms with Crippen LogP contribution in [0.3, 0.4) is 0 Å². The maximum absolute atomic E-state index is 15.1. The van der Waals surface area contributed by atoms with Gasteiger partial charge in [0.25, 0.3) is 5.91 Å². The number of amides is 1. The van der Waals surface area contributed by atoms with Crippen LogP contribution in [0.15, 0.2) is 48.5 Å². The second-order valence-corrected chi connectivity index (χ2v) is 10.0.